The van der Waals surface area contributed by atoms with Crippen LogP contribution in [-0.2, 0) is 0 Å². The molecule has 1 N–H and O–H groups in total. The van der Waals surface area contributed by atoms with Crippen LogP contribution in [0.3, 0.4) is 0 Å². The molecule has 0 saturated heterocycles. The second-order valence-electron chi connectivity index (χ2n) is 6.31. The van der Waals surface area contributed by atoms with Crippen molar-refractivity contribution >= 4 is 0 Å². The van der Waals surface area contributed by atoms with E-state index in [1.165, 1.54) is 31.2 Å². The van der Waals surface area contributed by atoms with E-state index < -0.39 is 0 Å². The zero-order valence-electron chi connectivity index (χ0n) is 12.6. The summed E-state index contributed by atoms with van der Waals surface area (Å²) in [5, 5.41) is 3.74. The maximum absolute atomic E-state index is 5.60. The standard InChI is InChI=1S/C17H26N2O/c1-3-5-19-17(14-7-12-6-13(12)8-14)15-9-16(20-4-2)11-18-10-15/h9-14,17,19H,3-8H2,1-2H3. The number of rotatable bonds is 7. The molecule has 2 aliphatic carbocycles. The zero-order chi connectivity index (χ0) is 13.9. The lowest BCUT2D eigenvalue weighted by atomic mass is 9.89. The van der Waals surface area contributed by atoms with E-state index in [9.17, 15) is 0 Å². The molecule has 3 heteroatoms. The van der Waals surface area contributed by atoms with Crippen molar-refractivity contribution in [2.24, 2.45) is 17.8 Å². The fourth-order valence-corrected chi connectivity index (χ4v) is 3.74. The summed E-state index contributed by atoms with van der Waals surface area (Å²) >= 11 is 0. The van der Waals surface area contributed by atoms with E-state index in [2.05, 4.69) is 23.3 Å². The summed E-state index contributed by atoms with van der Waals surface area (Å²) in [7, 11) is 0. The monoisotopic (exact) mass is 274 g/mol. The quantitative estimate of drug-likeness (QED) is 0.825. The summed E-state index contributed by atoms with van der Waals surface area (Å²) < 4.78 is 5.60. The van der Waals surface area contributed by atoms with E-state index in [-0.39, 0.29) is 0 Å². The second-order valence-corrected chi connectivity index (χ2v) is 6.31. The lowest BCUT2D eigenvalue weighted by molar-refractivity contribution is 0.327. The Morgan fingerprint density at radius 3 is 2.75 bits per heavy atom. The van der Waals surface area contributed by atoms with Crippen molar-refractivity contribution in [2.75, 3.05) is 13.2 Å². The maximum Gasteiger partial charge on any atom is 0.137 e. The van der Waals surface area contributed by atoms with Crippen LogP contribution in [0, 0.1) is 17.8 Å². The Bertz CT molecular complexity index is 438. The van der Waals surface area contributed by atoms with Gasteiger partial charge in [0.1, 0.15) is 5.75 Å². The predicted octanol–water partition coefficient (Wildman–Crippen LogP) is 3.57. The molecule has 0 aliphatic heterocycles. The first-order chi connectivity index (χ1) is 9.81. The van der Waals surface area contributed by atoms with E-state index in [1.807, 2.05) is 19.3 Å². The van der Waals surface area contributed by atoms with Crippen LogP contribution in [0.2, 0.25) is 0 Å². The van der Waals surface area contributed by atoms with Gasteiger partial charge in [0.05, 0.1) is 12.8 Å². The molecule has 2 fully saturated rings. The van der Waals surface area contributed by atoms with Gasteiger partial charge in [0.2, 0.25) is 0 Å². The average Bonchev–Trinajstić information content (AvgIpc) is 3.07. The highest BCUT2D eigenvalue weighted by Crippen LogP contribution is 2.57. The van der Waals surface area contributed by atoms with Crippen LogP contribution >= 0.6 is 0 Å². The summed E-state index contributed by atoms with van der Waals surface area (Å²) in [6, 6.07) is 2.63. The molecule has 0 bridgehead atoms. The van der Waals surface area contributed by atoms with E-state index >= 15 is 0 Å². The molecule has 3 rings (SSSR count). The first kappa shape index (κ1) is 13.9. The van der Waals surface area contributed by atoms with Gasteiger partial charge in [-0.25, -0.2) is 0 Å². The Kier molecular flexibility index (Phi) is 4.25. The van der Waals surface area contributed by atoms with Gasteiger partial charge in [0.15, 0.2) is 0 Å². The van der Waals surface area contributed by atoms with E-state index in [0.29, 0.717) is 12.6 Å². The van der Waals surface area contributed by atoms with Crippen LogP contribution in [0.4, 0.5) is 0 Å². The topological polar surface area (TPSA) is 34.2 Å². The normalized spacial score (nSPS) is 29.0. The number of aromatic nitrogens is 1. The van der Waals surface area contributed by atoms with E-state index in [1.54, 1.807) is 0 Å². The minimum absolute atomic E-state index is 0.454. The number of ether oxygens (including phenoxy) is 1. The molecule has 0 amide bonds. The third-order valence-electron chi connectivity index (χ3n) is 4.77. The van der Waals surface area contributed by atoms with Crippen molar-refractivity contribution < 1.29 is 4.74 Å². The van der Waals surface area contributed by atoms with Crippen LogP contribution in [-0.4, -0.2) is 18.1 Å². The van der Waals surface area contributed by atoms with Crippen molar-refractivity contribution in [3.05, 3.63) is 24.0 Å². The summed E-state index contributed by atoms with van der Waals surface area (Å²) in [6.45, 7) is 6.02. The van der Waals surface area contributed by atoms with Crippen LogP contribution in [0.1, 0.15) is 51.1 Å². The average molecular weight is 274 g/mol. The first-order valence-corrected chi connectivity index (χ1v) is 8.13. The van der Waals surface area contributed by atoms with Gasteiger partial charge in [-0.05, 0) is 68.5 Å². The molecule has 1 aromatic heterocycles. The first-order valence-electron chi connectivity index (χ1n) is 8.13. The summed E-state index contributed by atoms with van der Waals surface area (Å²) in [5.74, 6) is 3.73. The van der Waals surface area contributed by atoms with Crippen molar-refractivity contribution in [2.45, 2.75) is 45.6 Å². The van der Waals surface area contributed by atoms with E-state index in [0.717, 1.165) is 30.0 Å². The summed E-state index contributed by atoms with van der Waals surface area (Å²) in [6.07, 6.45) is 9.27. The molecule has 3 atom stereocenters. The van der Waals surface area contributed by atoms with Gasteiger partial charge >= 0.3 is 0 Å². The van der Waals surface area contributed by atoms with Crippen molar-refractivity contribution in [3.63, 3.8) is 0 Å². The van der Waals surface area contributed by atoms with Gasteiger partial charge in [0, 0.05) is 12.2 Å². The third kappa shape index (κ3) is 2.98. The van der Waals surface area contributed by atoms with Crippen molar-refractivity contribution in [3.8, 4) is 5.75 Å². The van der Waals surface area contributed by atoms with Gasteiger partial charge in [-0.3, -0.25) is 4.98 Å². The highest BCUT2D eigenvalue weighted by Gasteiger charge is 2.48. The Morgan fingerprint density at radius 2 is 2.05 bits per heavy atom. The summed E-state index contributed by atoms with van der Waals surface area (Å²) in [5.41, 5.74) is 1.30. The Morgan fingerprint density at radius 1 is 1.25 bits per heavy atom. The fraction of sp³-hybridized carbons (Fsp3) is 0.706. The predicted molar refractivity (Wildman–Crippen MR) is 80.8 cm³/mol. The lowest BCUT2D eigenvalue weighted by Gasteiger charge is -2.26. The molecule has 1 heterocycles. The Hall–Kier alpha value is -1.09. The third-order valence-corrected chi connectivity index (χ3v) is 4.77. The number of nitrogens with zero attached hydrogens (tertiary/aromatic N) is 1. The van der Waals surface area contributed by atoms with Gasteiger partial charge in [-0.1, -0.05) is 6.92 Å². The zero-order valence-corrected chi connectivity index (χ0v) is 12.6. The van der Waals surface area contributed by atoms with Crippen molar-refractivity contribution in [1.82, 2.24) is 10.3 Å². The van der Waals surface area contributed by atoms with Gasteiger partial charge in [-0.15, -0.1) is 0 Å². The highest BCUT2D eigenvalue weighted by atomic mass is 16.5. The molecule has 2 saturated carbocycles. The fourth-order valence-electron chi connectivity index (χ4n) is 3.74. The lowest BCUT2D eigenvalue weighted by Crippen LogP contribution is -2.28. The van der Waals surface area contributed by atoms with E-state index in [4.69, 9.17) is 4.74 Å². The maximum atomic E-state index is 5.60. The molecule has 20 heavy (non-hydrogen) atoms. The molecule has 2 aliphatic rings. The van der Waals surface area contributed by atoms with Crippen LogP contribution < -0.4 is 10.1 Å². The molecule has 0 aromatic carbocycles. The largest absolute Gasteiger partial charge is 0.492 e. The summed E-state index contributed by atoms with van der Waals surface area (Å²) in [4.78, 5) is 4.37. The van der Waals surface area contributed by atoms with Crippen LogP contribution in [0.5, 0.6) is 5.75 Å². The van der Waals surface area contributed by atoms with Gasteiger partial charge in [-0.2, -0.15) is 0 Å². The molecule has 0 spiro atoms. The number of hydrogen-bond donors (Lipinski definition) is 1. The molecule has 3 nitrogen and oxygen atoms in total. The van der Waals surface area contributed by atoms with Gasteiger partial charge < -0.3 is 10.1 Å². The SMILES string of the molecule is CCCNC(c1cncc(OCC)c1)C1CC2CC2C1. The highest BCUT2D eigenvalue weighted by molar-refractivity contribution is 5.27. The van der Waals surface area contributed by atoms with Crippen LogP contribution in [0.15, 0.2) is 18.5 Å². The second kappa shape index (κ2) is 6.13. The smallest absolute Gasteiger partial charge is 0.137 e. The number of hydrogen-bond acceptors (Lipinski definition) is 3. The minimum atomic E-state index is 0.454. The Balaban J connectivity index is 1.74. The number of nitrogens with one attached hydrogen (secondary N) is 1. The molecule has 0 radical (unpaired) electrons. The molecular weight excluding hydrogens is 248 g/mol. The molecule has 1 aromatic rings. The minimum Gasteiger partial charge on any atom is -0.492 e. The number of fused-ring (bicyclic) bond motifs is 1. The number of pyridine rings is 1. The van der Waals surface area contributed by atoms with Gasteiger partial charge in [0.25, 0.3) is 0 Å². The Labute approximate surface area is 122 Å². The van der Waals surface area contributed by atoms with Crippen LogP contribution in [0.25, 0.3) is 0 Å². The van der Waals surface area contributed by atoms with Crippen molar-refractivity contribution in [1.29, 1.82) is 0 Å². The molecular formula is C17H26N2O. The molecule has 110 valence electrons. The molecule has 3 unspecified atom stereocenters.